The first-order valence-corrected chi connectivity index (χ1v) is 14.0. The van der Waals surface area contributed by atoms with E-state index in [1.165, 1.54) is 0 Å². The van der Waals surface area contributed by atoms with E-state index in [1.54, 1.807) is 0 Å². The van der Waals surface area contributed by atoms with Gasteiger partial charge in [0, 0.05) is 5.41 Å². The predicted octanol–water partition coefficient (Wildman–Crippen LogP) is 5.24. The highest BCUT2D eigenvalue weighted by Gasteiger charge is 2.72. The van der Waals surface area contributed by atoms with Gasteiger partial charge in [0.25, 0.3) is 0 Å². The molecule has 0 aromatic rings. The highest BCUT2D eigenvalue weighted by molar-refractivity contribution is 5.78. The summed E-state index contributed by atoms with van der Waals surface area (Å²) in [7, 11) is 0. The summed E-state index contributed by atoms with van der Waals surface area (Å²) < 4.78 is 0. The minimum atomic E-state index is -0.727. The zero-order valence-corrected chi connectivity index (χ0v) is 22.2. The quantitative estimate of drug-likeness (QED) is 0.373. The third-order valence-electron chi connectivity index (χ3n) is 13.6. The molecule has 5 aliphatic carbocycles. The van der Waals surface area contributed by atoms with Crippen LogP contribution in [0.25, 0.3) is 0 Å². The van der Waals surface area contributed by atoms with Gasteiger partial charge in [0.15, 0.2) is 0 Å². The van der Waals surface area contributed by atoms with E-state index in [1.807, 2.05) is 0 Å². The van der Waals surface area contributed by atoms with E-state index in [9.17, 15) is 24.9 Å². The molecule has 0 radical (unpaired) electrons. The number of aliphatic hydroxyl groups excluding tert-OH is 2. The van der Waals surface area contributed by atoms with Crippen LogP contribution in [0.5, 0.6) is 0 Å². The van der Waals surface area contributed by atoms with E-state index in [0.29, 0.717) is 24.3 Å². The first-order chi connectivity index (χ1) is 16.4. The fraction of sp³-hybridized carbons (Fsp3) is 0.867. The summed E-state index contributed by atoms with van der Waals surface area (Å²) in [6, 6.07) is 0. The topological polar surface area (TPSA) is 94.8 Å². The number of carboxylic acids is 1. The van der Waals surface area contributed by atoms with Gasteiger partial charge >= 0.3 is 5.97 Å². The highest BCUT2D eigenvalue weighted by atomic mass is 16.4. The average molecular weight is 487 g/mol. The number of aliphatic carboxylic acids is 1. The van der Waals surface area contributed by atoms with Crippen molar-refractivity contribution < 1.29 is 24.9 Å². The lowest BCUT2D eigenvalue weighted by molar-refractivity contribution is -0.254. The Balaban J connectivity index is 1.57. The lowest BCUT2D eigenvalue weighted by atomic mass is 9.32. The van der Waals surface area contributed by atoms with Crippen LogP contribution in [0.4, 0.5) is 0 Å². The highest BCUT2D eigenvalue weighted by Crippen LogP contribution is 2.77. The Hall–Kier alpha value is -1.20. The molecule has 0 bridgehead atoms. The van der Waals surface area contributed by atoms with Gasteiger partial charge in [0.2, 0.25) is 0 Å². The van der Waals surface area contributed by atoms with Crippen LogP contribution in [0.2, 0.25) is 0 Å². The number of rotatable bonds is 4. The predicted molar refractivity (Wildman–Crippen MR) is 134 cm³/mol. The Bertz CT molecular complexity index is 930. The average Bonchev–Trinajstić information content (AvgIpc) is 3.23. The van der Waals surface area contributed by atoms with E-state index in [2.05, 4.69) is 34.3 Å². The maximum Gasteiger partial charge on any atom is 0.309 e. The van der Waals surface area contributed by atoms with Crippen molar-refractivity contribution in [1.29, 1.82) is 0 Å². The molecule has 5 saturated carbocycles. The second-order valence-corrected chi connectivity index (χ2v) is 14.2. The first-order valence-electron chi connectivity index (χ1n) is 14.0. The van der Waals surface area contributed by atoms with Gasteiger partial charge < -0.3 is 15.3 Å². The molecule has 0 aromatic heterocycles. The molecule has 0 aliphatic heterocycles. The number of allylic oxidation sites excluding steroid dienone is 1. The largest absolute Gasteiger partial charge is 0.481 e. The van der Waals surface area contributed by atoms with Crippen molar-refractivity contribution in [2.75, 3.05) is 6.61 Å². The van der Waals surface area contributed by atoms with E-state index in [4.69, 9.17) is 0 Å². The fourth-order valence-corrected chi connectivity index (χ4v) is 11.5. The third-order valence-corrected chi connectivity index (χ3v) is 13.6. The lowest BCUT2D eigenvalue weighted by Gasteiger charge is -2.72. The van der Waals surface area contributed by atoms with Crippen LogP contribution >= 0.6 is 0 Å². The number of carboxylic acid groups (broad SMARTS) is 1. The SMILES string of the molecule is C=C(C=O)[C@@H]1CC[C@]2(C(=O)O)CC[C@]3(C)[C@H](CC[C@@H]4[C@@]5(C)CC[C@@H](O)[C@](C)(CO)[C@@H]5CC[C@]43C)[C@@H]12. The summed E-state index contributed by atoms with van der Waals surface area (Å²) in [6.07, 6.45) is 9.29. The van der Waals surface area contributed by atoms with Crippen molar-refractivity contribution >= 4 is 12.3 Å². The Morgan fingerprint density at radius 2 is 1.63 bits per heavy atom. The molecular formula is C30H46O5. The number of hydrogen-bond acceptors (Lipinski definition) is 4. The van der Waals surface area contributed by atoms with Crippen molar-refractivity contribution in [1.82, 2.24) is 0 Å². The van der Waals surface area contributed by atoms with E-state index >= 15 is 0 Å². The maximum absolute atomic E-state index is 12.8. The summed E-state index contributed by atoms with van der Waals surface area (Å²) in [5.74, 6) is 0.334. The van der Waals surface area contributed by atoms with Gasteiger partial charge in [-0.15, -0.1) is 0 Å². The molecule has 11 atom stereocenters. The van der Waals surface area contributed by atoms with E-state index in [0.717, 1.165) is 57.7 Å². The van der Waals surface area contributed by atoms with Crippen LogP contribution in [0.1, 0.15) is 91.9 Å². The molecule has 196 valence electrons. The van der Waals surface area contributed by atoms with Crippen molar-refractivity contribution in [2.24, 2.45) is 56.7 Å². The molecule has 5 nitrogen and oxygen atoms in total. The van der Waals surface area contributed by atoms with Crippen LogP contribution in [0, 0.1) is 56.7 Å². The van der Waals surface area contributed by atoms with Crippen LogP contribution < -0.4 is 0 Å². The fourth-order valence-electron chi connectivity index (χ4n) is 11.5. The molecular weight excluding hydrogens is 440 g/mol. The smallest absolute Gasteiger partial charge is 0.309 e. The molecule has 5 heteroatoms. The van der Waals surface area contributed by atoms with Gasteiger partial charge in [-0.2, -0.15) is 0 Å². The molecule has 0 amide bonds. The minimum Gasteiger partial charge on any atom is -0.481 e. The number of carbonyl (C=O) groups is 2. The third kappa shape index (κ3) is 2.94. The van der Waals surface area contributed by atoms with Crippen molar-refractivity contribution in [2.45, 2.75) is 98.0 Å². The molecule has 0 aromatic carbocycles. The second kappa shape index (κ2) is 7.90. The standard InChI is InChI=1S/C30H46O5/c1-18(16-31)19-8-13-30(25(34)35)15-14-28(4)20(24(19)30)6-7-22-26(2)11-10-23(33)27(3,17-32)21(26)9-12-29(22,28)5/h16,19-24,32-33H,1,6-15,17H2,2-5H3,(H,34,35)/t19-,20+,21+,22+,23+,24+,26-,27+,28+,29+,30-/m0/s1. The summed E-state index contributed by atoms with van der Waals surface area (Å²) in [5.41, 5.74) is -0.471. The summed E-state index contributed by atoms with van der Waals surface area (Å²) >= 11 is 0. The second-order valence-electron chi connectivity index (χ2n) is 14.2. The van der Waals surface area contributed by atoms with E-state index in [-0.39, 0.29) is 46.5 Å². The Kier molecular flexibility index (Phi) is 5.74. The molecule has 0 heterocycles. The summed E-state index contributed by atoms with van der Waals surface area (Å²) in [5, 5.41) is 31.8. The maximum atomic E-state index is 12.8. The van der Waals surface area contributed by atoms with E-state index < -0.39 is 22.9 Å². The molecule has 5 rings (SSSR count). The van der Waals surface area contributed by atoms with Crippen LogP contribution in [0.3, 0.4) is 0 Å². The summed E-state index contributed by atoms with van der Waals surface area (Å²) in [4.78, 5) is 24.6. The molecule has 0 saturated heterocycles. The van der Waals surface area contributed by atoms with Gasteiger partial charge in [-0.1, -0.05) is 34.3 Å². The monoisotopic (exact) mass is 486 g/mol. The Morgan fingerprint density at radius 3 is 2.26 bits per heavy atom. The van der Waals surface area contributed by atoms with Gasteiger partial charge in [-0.05, 0) is 116 Å². The molecule has 5 aliphatic rings. The van der Waals surface area contributed by atoms with Crippen molar-refractivity contribution in [3.05, 3.63) is 12.2 Å². The zero-order valence-electron chi connectivity index (χ0n) is 22.2. The Morgan fingerprint density at radius 1 is 0.914 bits per heavy atom. The number of carbonyl (C=O) groups excluding carboxylic acids is 1. The van der Waals surface area contributed by atoms with Gasteiger partial charge in [-0.3, -0.25) is 9.59 Å². The van der Waals surface area contributed by atoms with Crippen LogP contribution in [-0.2, 0) is 9.59 Å². The molecule has 0 spiro atoms. The van der Waals surface area contributed by atoms with Crippen molar-refractivity contribution in [3.8, 4) is 0 Å². The zero-order chi connectivity index (χ0) is 25.6. The van der Waals surface area contributed by atoms with Gasteiger partial charge in [-0.25, -0.2) is 0 Å². The van der Waals surface area contributed by atoms with Crippen molar-refractivity contribution in [3.63, 3.8) is 0 Å². The normalized spacial score (nSPS) is 55.1. The minimum absolute atomic E-state index is 0.00491. The summed E-state index contributed by atoms with van der Waals surface area (Å²) in [6.45, 7) is 13.6. The lowest BCUT2D eigenvalue weighted by Crippen LogP contribution is -2.67. The molecule has 5 fully saturated rings. The number of hydrogen-bond donors (Lipinski definition) is 3. The number of aldehydes is 1. The molecule has 3 N–H and O–H groups in total. The first kappa shape index (κ1) is 25.4. The number of aliphatic hydroxyl groups is 2. The van der Waals surface area contributed by atoms with Gasteiger partial charge in [0.1, 0.15) is 6.29 Å². The van der Waals surface area contributed by atoms with Crippen LogP contribution in [-0.4, -0.2) is 40.3 Å². The Labute approximate surface area is 210 Å². The number of fused-ring (bicyclic) bond motifs is 7. The van der Waals surface area contributed by atoms with Gasteiger partial charge in [0.05, 0.1) is 18.1 Å². The molecule has 35 heavy (non-hydrogen) atoms. The molecule has 0 unspecified atom stereocenters. The van der Waals surface area contributed by atoms with Crippen LogP contribution in [0.15, 0.2) is 12.2 Å².